The molecule has 0 aliphatic carbocycles. The third-order valence-electron chi connectivity index (χ3n) is 4.59. The summed E-state index contributed by atoms with van der Waals surface area (Å²) < 4.78 is 37.7. The SMILES string of the molecule is CNC1NCNC2C1NCN2[C@H]1C[C@H](OP(=O)(O)O)[C@@H](OCP(=O)(O)O)O1. The standard InChI is InChI=1S/C11H25N5O9P2/c1-12-9-8-10(14-3-13-9)16(4-15-8)7-2-6(25-27(20,21)22)11(24-7)23-5-26(17,18)19/h6-15H,2-5H2,1H3,(H2,17,18,19)(H2,20,21,22)/t6-,7+,8?,9?,10?,11-/m0/s1. The summed E-state index contributed by atoms with van der Waals surface area (Å²) in [5.74, 6) is 0. The van der Waals surface area contributed by atoms with Gasteiger partial charge in [0.15, 0.2) is 12.6 Å². The Morgan fingerprint density at radius 2 is 1.96 bits per heavy atom. The van der Waals surface area contributed by atoms with Gasteiger partial charge in [-0.25, -0.2) is 9.46 Å². The third kappa shape index (κ3) is 5.53. The van der Waals surface area contributed by atoms with E-state index in [4.69, 9.17) is 33.6 Å². The lowest BCUT2D eigenvalue weighted by Gasteiger charge is -2.39. The van der Waals surface area contributed by atoms with Gasteiger partial charge in [-0.15, -0.1) is 0 Å². The molecule has 0 aromatic rings. The van der Waals surface area contributed by atoms with Gasteiger partial charge in [0.05, 0.1) is 25.0 Å². The van der Waals surface area contributed by atoms with Crippen molar-refractivity contribution in [3.8, 4) is 0 Å². The maximum atomic E-state index is 11.2. The second-order valence-corrected chi connectivity index (χ2v) is 9.27. The van der Waals surface area contributed by atoms with Gasteiger partial charge < -0.3 is 34.4 Å². The molecule has 3 fully saturated rings. The van der Waals surface area contributed by atoms with Gasteiger partial charge in [0.25, 0.3) is 0 Å². The largest absolute Gasteiger partial charge is 0.470 e. The van der Waals surface area contributed by atoms with Crippen LogP contribution in [0.15, 0.2) is 0 Å². The molecule has 3 saturated heterocycles. The molecule has 16 heteroatoms. The highest BCUT2D eigenvalue weighted by Crippen LogP contribution is 2.44. The van der Waals surface area contributed by atoms with Crippen LogP contribution in [0.4, 0.5) is 0 Å². The minimum Gasteiger partial charge on any atom is -0.337 e. The summed E-state index contributed by atoms with van der Waals surface area (Å²) in [6.07, 6.45) is -4.15. The molecule has 0 amide bonds. The smallest absolute Gasteiger partial charge is 0.337 e. The molecule has 0 aromatic carbocycles. The molecule has 14 nitrogen and oxygen atoms in total. The van der Waals surface area contributed by atoms with Crippen molar-refractivity contribution in [1.29, 1.82) is 0 Å². The highest BCUT2D eigenvalue weighted by Gasteiger charge is 2.49. The number of hydrogen-bond acceptors (Lipinski definition) is 10. The van der Waals surface area contributed by atoms with Crippen LogP contribution in [0, 0.1) is 0 Å². The highest BCUT2D eigenvalue weighted by molar-refractivity contribution is 7.51. The molecule has 158 valence electrons. The van der Waals surface area contributed by atoms with Gasteiger partial charge in [-0.2, -0.15) is 0 Å². The molecule has 0 bridgehead atoms. The molecule has 6 atom stereocenters. The van der Waals surface area contributed by atoms with Gasteiger partial charge in [0.1, 0.15) is 12.3 Å². The lowest BCUT2D eigenvalue weighted by molar-refractivity contribution is -0.182. The second kappa shape index (κ2) is 8.38. The summed E-state index contributed by atoms with van der Waals surface area (Å²) in [5, 5.41) is 13.0. The summed E-state index contributed by atoms with van der Waals surface area (Å²) in [6.45, 7) is 0.971. The summed E-state index contributed by atoms with van der Waals surface area (Å²) in [5.41, 5.74) is 0. The number of likely N-dealkylation sites (N-methyl/N-ethyl adjacent to an activating group) is 1. The molecule has 3 unspecified atom stereocenters. The predicted molar refractivity (Wildman–Crippen MR) is 89.6 cm³/mol. The fourth-order valence-electron chi connectivity index (χ4n) is 3.54. The fourth-order valence-corrected chi connectivity index (χ4v) is 4.42. The van der Waals surface area contributed by atoms with Crippen LogP contribution < -0.4 is 21.3 Å². The first-order valence-corrected chi connectivity index (χ1v) is 11.6. The molecular formula is C11H25N5O9P2. The highest BCUT2D eigenvalue weighted by atomic mass is 31.2. The molecule has 0 aromatic heterocycles. The number of fused-ring (bicyclic) bond motifs is 1. The number of nitrogens with one attached hydrogen (secondary N) is 4. The van der Waals surface area contributed by atoms with Crippen LogP contribution in [0.2, 0.25) is 0 Å². The van der Waals surface area contributed by atoms with E-state index in [1.165, 1.54) is 0 Å². The Bertz CT molecular complexity index is 617. The van der Waals surface area contributed by atoms with Crippen molar-refractivity contribution in [2.75, 3.05) is 26.7 Å². The molecule has 3 rings (SSSR count). The van der Waals surface area contributed by atoms with Gasteiger partial charge in [-0.1, -0.05) is 0 Å². The molecule has 0 spiro atoms. The number of phosphoric ester groups is 1. The van der Waals surface area contributed by atoms with Gasteiger partial charge in [0.2, 0.25) is 0 Å². The second-order valence-electron chi connectivity index (χ2n) is 6.49. The van der Waals surface area contributed by atoms with E-state index in [0.29, 0.717) is 13.3 Å². The van der Waals surface area contributed by atoms with E-state index in [-0.39, 0.29) is 24.8 Å². The molecular weight excluding hydrogens is 408 g/mol. The summed E-state index contributed by atoms with van der Waals surface area (Å²) in [7, 11) is -7.50. The van der Waals surface area contributed by atoms with Crippen LogP contribution in [-0.4, -0.2) is 88.2 Å². The lowest BCUT2D eigenvalue weighted by Crippen LogP contribution is -2.68. The number of hydrogen-bond donors (Lipinski definition) is 8. The fraction of sp³-hybridized carbons (Fsp3) is 1.00. The third-order valence-corrected chi connectivity index (χ3v) is 5.62. The van der Waals surface area contributed by atoms with Crippen LogP contribution in [0.3, 0.4) is 0 Å². The van der Waals surface area contributed by atoms with E-state index >= 15 is 0 Å². The van der Waals surface area contributed by atoms with Crippen molar-refractivity contribution in [3.05, 3.63) is 0 Å². The van der Waals surface area contributed by atoms with Gasteiger partial charge >= 0.3 is 15.4 Å². The van der Waals surface area contributed by atoms with E-state index in [1.54, 1.807) is 0 Å². The van der Waals surface area contributed by atoms with E-state index in [0.717, 1.165) is 0 Å². The minimum absolute atomic E-state index is 0.00331. The van der Waals surface area contributed by atoms with Crippen LogP contribution in [0.5, 0.6) is 0 Å². The van der Waals surface area contributed by atoms with Crippen molar-refractivity contribution in [1.82, 2.24) is 26.2 Å². The van der Waals surface area contributed by atoms with Crippen LogP contribution in [0.25, 0.3) is 0 Å². The molecule has 0 radical (unpaired) electrons. The maximum Gasteiger partial charge on any atom is 0.470 e. The maximum absolute atomic E-state index is 11.2. The molecule has 3 aliphatic heterocycles. The zero-order chi connectivity index (χ0) is 19.8. The Labute approximate surface area is 155 Å². The average molecular weight is 433 g/mol. The number of ether oxygens (including phenoxy) is 2. The average Bonchev–Trinajstić information content (AvgIpc) is 3.14. The molecule has 0 saturated carbocycles. The summed E-state index contributed by atoms with van der Waals surface area (Å²) in [4.78, 5) is 38.1. The first-order chi connectivity index (χ1) is 12.6. The van der Waals surface area contributed by atoms with Gasteiger partial charge in [0, 0.05) is 13.1 Å². The molecule has 27 heavy (non-hydrogen) atoms. The zero-order valence-corrected chi connectivity index (χ0v) is 16.3. The summed E-state index contributed by atoms with van der Waals surface area (Å²) in [6, 6.07) is 0.00331. The monoisotopic (exact) mass is 433 g/mol. The lowest BCUT2D eigenvalue weighted by atomic mass is 10.1. The Balaban J connectivity index is 1.69. The Hall–Kier alpha value is -0.0200. The molecule has 8 N–H and O–H groups in total. The number of nitrogens with zero attached hydrogens (tertiary/aromatic N) is 1. The zero-order valence-electron chi connectivity index (χ0n) is 14.5. The Kier molecular flexibility index (Phi) is 6.73. The topological polar surface area (TPSA) is 194 Å². The van der Waals surface area contributed by atoms with Crippen LogP contribution in [-0.2, 0) is 23.1 Å². The first kappa shape index (κ1) is 21.7. The number of phosphoric acid groups is 1. The van der Waals surface area contributed by atoms with Gasteiger partial charge in [-0.3, -0.25) is 25.0 Å². The Morgan fingerprint density at radius 3 is 2.59 bits per heavy atom. The first-order valence-electron chi connectivity index (χ1n) is 8.26. The quantitative estimate of drug-likeness (QED) is 0.189. The molecule has 3 aliphatic rings. The van der Waals surface area contributed by atoms with Crippen LogP contribution >= 0.6 is 15.4 Å². The number of rotatable bonds is 7. The Morgan fingerprint density at radius 1 is 1.22 bits per heavy atom. The van der Waals surface area contributed by atoms with E-state index in [2.05, 4.69) is 21.3 Å². The van der Waals surface area contributed by atoms with Crippen molar-refractivity contribution < 1.29 is 42.7 Å². The minimum atomic E-state index is -4.84. The van der Waals surface area contributed by atoms with E-state index < -0.39 is 40.4 Å². The van der Waals surface area contributed by atoms with Crippen molar-refractivity contribution in [2.45, 2.75) is 43.4 Å². The van der Waals surface area contributed by atoms with E-state index in [9.17, 15) is 9.13 Å². The summed E-state index contributed by atoms with van der Waals surface area (Å²) >= 11 is 0. The van der Waals surface area contributed by atoms with Crippen molar-refractivity contribution in [2.24, 2.45) is 0 Å². The van der Waals surface area contributed by atoms with Crippen LogP contribution in [0.1, 0.15) is 6.42 Å². The normalized spacial score (nSPS) is 38.3. The predicted octanol–water partition coefficient (Wildman–Crippen LogP) is -3.06. The van der Waals surface area contributed by atoms with Crippen molar-refractivity contribution in [3.63, 3.8) is 0 Å². The van der Waals surface area contributed by atoms with Crippen molar-refractivity contribution >= 4 is 15.4 Å². The molecule has 3 heterocycles. The van der Waals surface area contributed by atoms with Gasteiger partial charge in [-0.05, 0) is 7.05 Å². The van der Waals surface area contributed by atoms with E-state index in [1.807, 2.05) is 11.9 Å².